The number of likely N-dealkylation sites (N-methyl/N-ethyl adjacent to an activating group) is 1. The molecule has 1 aromatic heterocycles. The summed E-state index contributed by atoms with van der Waals surface area (Å²) in [5.41, 5.74) is 3.63. The summed E-state index contributed by atoms with van der Waals surface area (Å²) in [5.74, 6) is 0.974. The number of anilines is 1. The molecule has 0 saturated carbocycles. The third-order valence-corrected chi connectivity index (χ3v) is 5.71. The highest BCUT2D eigenvalue weighted by atomic mass is 35.5. The molecule has 162 valence electrons. The maximum atomic E-state index is 13.0. The first kappa shape index (κ1) is 21.7. The number of carbonyl (C=O) groups is 2. The summed E-state index contributed by atoms with van der Waals surface area (Å²) in [5, 5.41) is 3.26. The molecule has 0 bridgehead atoms. The number of amidine groups is 1. The zero-order chi connectivity index (χ0) is 22.7. The Morgan fingerprint density at radius 1 is 1.09 bits per heavy atom. The first-order valence-corrected chi connectivity index (χ1v) is 10.7. The molecule has 0 spiro atoms. The normalized spacial score (nSPS) is 13.1. The molecule has 32 heavy (non-hydrogen) atoms. The number of Topliss-reactive ketones (excluding diaryl/α,β-unsaturated/α-hetero) is 1. The summed E-state index contributed by atoms with van der Waals surface area (Å²) in [4.78, 5) is 36.7. The van der Waals surface area contributed by atoms with Crippen molar-refractivity contribution in [3.8, 4) is 0 Å². The third kappa shape index (κ3) is 4.70. The molecular formula is C25H23ClN4O2. The second-order valence-corrected chi connectivity index (χ2v) is 8.16. The number of ketones is 1. The van der Waals surface area contributed by atoms with E-state index in [1.165, 1.54) is 6.20 Å². The number of hydrogen-bond acceptors (Lipinski definition) is 5. The van der Waals surface area contributed by atoms with Gasteiger partial charge >= 0.3 is 0 Å². The van der Waals surface area contributed by atoms with Crippen molar-refractivity contribution in [1.29, 1.82) is 0 Å². The molecule has 6 nitrogen and oxygen atoms in total. The van der Waals surface area contributed by atoms with Gasteiger partial charge in [0.05, 0.1) is 11.6 Å². The quantitative estimate of drug-likeness (QED) is 0.569. The summed E-state index contributed by atoms with van der Waals surface area (Å²) in [6, 6.07) is 16.2. The Hall–Kier alpha value is -3.51. The zero-order valence-corrected chi connectivity index (χ0v) is 18.7. The molecular weight excluding hydrogens is 424 g/mol. The van der Waals surface area contributed by atoms with Gasteiger partial charge in [0.15, 0.2) is 5.78 Å². The first-order chi connectivity index (χ1) is 15.4. The fraction of sp³-hybridized carbons (Fsp3) is 0.200. The topological polar surface area (TPSA) is 74.7 Å². The summed E-state index contributed by atoms with van der Waals surface area (Å²) in [6.45, 7) is 3.59. The van der Waals surface area contributed by atoms with Crippen LogP contribution in [0.1, 0.15) is 37.4 Å². The molecule has 0 aliphatic carbocycles. The predicted molar refractivity (Wildman–Crippen MR) is 127 cm³/mol. The summed E-state index contributed by atoms with van der Waals surface area (Å²) in [7, 11) is 2.01. The predicted octanol–water partition coefficient (Wildman–Crippen LogP) is 4.41. The van der Waals surface area contributed by atoms with E-state index in [0.717, 1.165) is 30.1 Å². The van der Waals surface area contributed by atoms with Crippen LogP contribution in [0.4, 0.5) is 5.82 Å². The minimum Gasteiger partial charge on any atom is -0.358 e. The average Bonchev–Trinajstić information content (AvgIpc) is 3.22. The Bertz CT molecular complexity index is 1190. The van der Waals surface area contributed by atoms with Gasteiger partial charge in [0.2, 0.25) is 0 Å². The standard InChI is InChI=1S/C25H23ClN4O2/c1-16-4-3-5-20(25(32)29-23-11-10-19(26)15-28-23)21(16)14-22(31)17-6-8-18(9-7-17)24-27-12-13-30(24)2/h3-11,15H,12-14H2,1-2H3,(H,28,29,32). The van der Waals surface area contributed by atoms with Gasteiger partial charge in [-0.25, -0.2) is 4.98 Å². The van der Waals surface area contributed by atoms with Crippen LogP contribution in [-0.4, -0.2) is 47.5 Å². The average molecular weight is 447 g/mol. The molecule has 7 heteroatoms. The fourth-order valence-electron chi connectivity index (χ4n) is 3.70. The van der Waals surface area contributed by atoms with Crippen molar-refractivity contribution in [2.75, 3.05) is 25.5 Å². The number of carbonyl (C=O) groups excluding carboxylic acids is 2. The van der Waals surface area contributed by atoms with Crippen molar-refractivity contribution >= 4 is 34.9 Å². The number of nitrogens with zero attached hydrogens (tertiary/aromatic N) is 3. The van der Waals surface area contributed by atoms with Crippen molar-refractivity contribution in [2.45, 2.75) is 13.3 Å². The van der Waals surface area contributed by atoms with Crippen LogP contribution in [0.3, 0.4) is 0 Å². The number of rotatable bonds is 6. The zero-order valence-electron chi connectivity index (χ0n) is 17.9. The van der Waals surface area contributed by atoms with Crippen molar-refractivity contribution in [3.05, 3.63) is 93.6 Å². The van der Waals surface area contributed by atoms with Gasteiger partial charge in [-0.15, -0.1) is 0 Å². The molecule has 0 fully saturated rings. The lowest BCUT2D eigenvalue weighted by Gasteiger charge is -2.14. The second-order valence-electron chi connectivity index (χ2n) is 7.72. The number of pyridine rings is 1. The van der Waals surface area contributed by atoms with Gasteiger partial charge < -0.3 is 10.2 Å². The molecule has 1 aliphatic rings. The molecule has 0 radical (unpaired) electrons. The molecule has 1 N–H and O–H groups in total. The Labute approximate surface area is 192 Å². The SMILES string of the molecule is Cc1cccc(C(=O)Nc2ccc(Cl)cn2)c1CC(=O)c1ccc(C2=NCCN2C)cc1. The van der Waals surface area contributed by atoms with E-state index in [-0.39, 0.29) is 18.1 Å². The monoisotopic (exact) mass is 446 g/mol. The van der Waals surface area contributed by atoms with Crippen LogP contribution < -0.4 is 5.32 Å². The van der Waals surface area contributed by atoms with E-state index in [1.54, 1.807) is 24.3 Å². The van der Waals surface area contributed by atoms with E-state index in [9.17, 15) is 9.59 Å². The number of benzene rings is 2. The lowest BCUT2D eigenvalue weighted by molar-refractivity contribution is 0.0992. The van der Waals surface area contributed by atoms with Crippen LogP contribution in [0, 0.1) is 6.92 Å². The summed E-state index contributed by atoms with van der Waals surface area (Å²) < 4.78 is 0. The molecule has 2 heterocycles. The first-order valence-electron chi connectivity index (χ1n) is 10.3. The smallest absolute Gasteiger partial charge is 0.257 e. The van der Waals surface area contributed by atoms with E-state index in [1.807, 2.05) is 44.3 Å². The van der Waals surface area contributed by atoms with Crippen molar-refractivity contribution in [2.24, 2.45) is 4.99 Å². The lowest BCUT2D eigenvalue weighted by Crippen LogP contribution is -2.23. The highest BCUT2D eigenvalue weighted by Gasteiger charge is 2.19. The number of aromatic nitrogens is 1. The van der Waals surface area contributed by atoms with E-state index in [2.05, 4.69) is 20.2 Å². The van der Waals surface area contributed by atoms with Crippen LogP contribution in [0.25, 0.3) is 0 Å². The summed E-state index contributed by atoms with van der Waals surface area (Å²) in [6.07, 6.45) is 1.60. The van der Waals surface area contributed by atoms with Gasteiger partial charge in [-0.1, -0.05) is 48.0 Å². The number of halogens is 1. The number of aryl methyl sites for hydroxylation is 1. The van der Waals surface area contributed by atoms with Crippen molar-refractivity contribution in [3.63, 3.8) is 0 Å². The molecule has 1 aliphatic heterocycles. The Morgan fingerprint density at radius 2 is 1.88 bits per heavy atom. The highest BCUT2D eigenvalue weighted by Crippen LogP contribution is 2.20. The molecule has 4 rings (SSSR count). The molecule has 2 aromatic carbocycles. The van der Waals surface area contributed by atoms with Crippen LogP contribution in [0.15, 0.2) is 65.8 Å². The number of amides is 1. The maximum absolute atomic E-state index is 13.0. The molecule has 0 unspecified atom stereocenters. The van der Waals surface area contributed by atoms with Crippen LogP contribution in [-0.2, 0) is 6.42 Å². The maximum Gasteiger partial charge on any atom is 0.257 e. The Kier molecular flexibility index (Phi) is 6.32. The number of hydrogen-bond donors (Lipinski definition) is 1. The fourth-order valence-corrected chi connectivity index (χ4v) is 3.81. The van der Waals surface area contributed by atoms with Gasteiger partial charge in [-0.3, -0.25) is 14.6 Å². The van der Waals surface area contributed by atoms with Crippen LogP contribution in [0.2, 0.25) is 5.02 Å². The van der Waals surface area contributed by atoms with Gasteiger partial charge in [0, 0.05) is 42.9 Å². The van der Waals surface area contributed by atoms with E-state index < -0.39 is 0 Å². The number of aliphatic imine (C=N–C) groups is 1. The van der Waals surface area contributed by atoms with E-state index >= 15 is 0 Å². The molecule has 1 amide bonds. The molecule has 0 saturated heterocycles. The second kappa shape index (κ2) is 9.32. The van der Waals surface area contributed by atoms with Gasteiger partial charge in [0.25, 0.3) is 5.91 Å². The van der Waals surface area contributed by atoms with E-state index in [0.29, 0.717) is 27.5 Å². The Balaban J connectivity index is 1.53. The Morgan fingerprint density at radius 3 is 2.53 bits per heavy atom. The van der Waals surface area contributed by atoms with Gasteiger partial charge in [-0.2, -0.15) is 0 Å². The van der Waals surface area contributed by atoms with Crippen molar-refractivity contribution < 1.29 is 9.59 Å². The third-order valence-electron chi connectivity index (χ3n) is 5.48. The highest BCUT2D eigenvalue weighted by molar-refractivity contribution is 6.30. The van der Waals surface area contributed by atoms with Crippen LogP contribution in [0.5, 0.6) is 0 Å². The lowest BCUT2D eigenvalue weighted by atomic mass is 9.94. The van der Waals surface area contributed by atoms with Crippen molar-refractivity contribution in [1.82, 2.24) is 9.88 Å². The molecule has 0 atom stereocenters. The largest absolute Gasteiger partial charge is 0.358 e. The molecule has 3 aromatic rings. The van der Waals surface area contributed by atoms with Crippen LogP contribution >= 0.6 is 11.6 Å². The van der Waals surface area contributed by atoms with Gasteiger partial charge in [0.1, 0.15) is 11.7 Å². The number of nitrogens with one attached hydrogen (secondary N) is 1. The minimum absolute atomic E-state index is 0.0498. The summed E-state index contributed by atoms with van der Waals surface area (Å²) >= 11 is 5.86. The minimum atomic E-state index is -0.316. The van der Waals surface area contributed by atoms with Gasteiger partial charge in [-0.05, 0) is 36.2 Å². The van der Waals surface area contributed by atoms with E-state index in [4.69, 9.17) is 11.6 Å².